The Hall–Kier alpha value is -2.70. The number of carbonyl (C=O) groups excluding carboxylic acids is 2. The molecule has 2 rings (SSSR count). The van der Waals surface area contributed by atoms with Crippen LogP contribution in [0.25, 0.3) is 0 Å². The van der Waals surface area contributed by atoms with Gasteiger partial charge in [0.1, 0.15) is 12.1 Å². The summed E-state index contributed by atoms with van der Waals surface area (Å²) in [5.41, 5.74) is 8.01. The molecule has 0 aromatic heterocycles. The van der Waals surface area contributed by atoms with Gasteiger partial charge in [-0.15, -0.1) is 0 Å². The number of aliphatic hydroxyl groups excluding tert-OH is 1. The Bertz CT molecular complexity index is 780. The summed E-state index contributed by atoms with van der Waals surface area (Å²) in [6.45, 7) is 4.13. The third kappa shape index (κ3) is 7.97. The minimum absolute atomic E-state index is 0.159. The number of nitrogens with two attached hydrogens (primary N) is 1. The molecular weight excluding hydrogens is 380 g/mol. The quantitative estimate of drug-likeness (QED) is 0.491. The standard InChI is InChI=1S/C24H32N2O4/c1-17(2)15-21(24(29)30-14-13-18-9-5-3-6-10-18)26-23(28)22(27)20(25)16-19-11-7-4-8-12-19/h3-12,17,20-22,27H,13-16,25H2,1-2H3,(H,26,28)/t20-,21+,22+/m1/s1. The zero-order valence-electron chi connectivity index (χ0n) is 17.7. The van der Waals surface area contributed by atoms with Crippen LogP contribution < -0.4 is 11.1 Å². The Kier molecular flexibility index (Phi) is 9.51. The molecule has 6 heteroatoms. The molecule has 0 radical (unpaired) electrons. The Labute approximate surface area is 178 Å². The fourth-order valence-corrected chi connectivity index (χ4v) is 3.15. The molecule has 0 aliphatic heterocycles. The zero-order valence-corrected chi connectivity index (χ0v) is 17.7. The Morgan fingerprint density at radius 3 is 2.13 bits per heavy atom. The highest BCUT2D eigenvalue weighted by Gasteiger charge is 2.29. The molecule has 6 nitrogen and oxygen atoms in total. The Balaban J connectivity index is 1.89. The number of aliphatic hydroxyl groups is 1. The van der Waals surface area contributed by atoms with Gasteiger partial charge in [-0.1, -0.05) is 74.5 Å². The van der Waals surface area contributed by atoms with E-state index in [1.54, 1.807) is 0 Å². The lowest BCUT2D eigenvalue weighted by Gasteiger charge is -2.23. The van der Waals surface area contributed by atoms with Crippen molar-refractivity contribution in [1.82, 2.24) is 5.32 Å². The summed E-state index contributed by atoms with van der Waals surface area (Å²) >= 11 is 0. The number of nitrogens with one attached hydrogen (secondary N) is 1. The molecule has 0 unspecified atom stereocenters. The molecule has 30 heavy (non-hydrogen) atoms. The first kappa shape index (κ1) is 23.6. The lowest BCUT2D eigenvalue weighted by Crippen LogP contribution is -2.52. The summed E-state index contributed by atoms with van der Waals surface area (Å²) < 4.78 is 5.38. The highest BCUT2D eigenvalue weighted by atomic mass is 16.5. The number of amides is 1. The van der Waals surface area contributed by atoms with Crippen LogP contribution in [0.2, 0.25) is 0 Å². The summed E-state index contributed by atoms with van der Waals surface area (Å²) in [5.74, 6) is -1.01. The highest BCUT2D eigenvalue weighted by Crippen LogP contribution is 2.10. The second-order valence-corrected chi connectivity index (χ2v) is 7.89. The molecule has 0 heterocycles. The van der Waals surface area contributed by atoms with Crippen LogP contribution in [0, 0.1) is 5.92 Å². The second kappa shape index (κ2) is 12.1. The number of rotatable bonds is 11. The monoisotopic (exact) mass is 412 g/mol. The van der Waals surface area contributed by atoms with E-state index in [-0.39, 0.29) is 12.5 Å². The van der Waals surface area contributed by atoms with E-state index in [9.17, 15) is 14.7 Å². The van der Waals surface area contributed by atoms with Gasteiger partial charge in [-0.05, 0) is 29.9 Å². The summed E-state index contributed by atoms with van der Waals surface area (Å²) in [4.78, 5) is 25.1. The van der Waals surface area contributed by atoms with Gasteiger partial charge in [-0.2, -0.15) is 0 Å². The molecule has 2 aromatic carbocycles. The molecular formula is C24H32N2O4. The van der Waals surface area contributed by atoms with Crippen LogP contribution in [-0.4, -0.2) is 41.8 Å². The third-order valence-corrected chi connectivity index (χ3v) is 4.77. The lowest BCUT2D eigenvalue weighted by molar-refractivity contribution is -0.149. The van der Waals surface area contributed by atoms with Gasteiger partial charge in [0.05, 0.1) is 6.61 Å². The minimum atomic E-state index is -1.42. The number of carbonyl (C=O) groups is 2. The smallest absolute Gasteiger partial charge is 0.328 e. The first-order valence-corrected chi connectivity index (χ1v) is 10.3. The van der Waals surface area contributed by atoms with Crippen LogP contribution in [0.4, 0.5) is 0 Å². The van der Waals surface area contributed by atoms with Crippen molar-refractivity contribution in [3.63, 3.8) is 0 Å². The molecule has 162 valence electrons. The largest absolute Gasteiger partial charge is 0.464 e. The predicted molar refractivity (Wildman–Crippen MR) is 117 cm³/mol. The van der Waals surface area contributed by atoms with Gasteiger partial charge < -0.3 is 20.9 Å². The van der Waals surface area contributed by atoms with Crippen molar-refractivity contribution in [2.24, 2.45) is 11.7 Å². The zero-order chi connectivity index (χ0) is 21.9. The van der Waals surface area contributed by atoms with Crippen molar-refractivity contribution in [3.05, 3.63) is 71.8 Å². The molecule has 0 bridgehead atoms. The van der Waals surface area contributed by atoms with Gasteiger partial charge in [0.2, 0.25) is 0 Å². The van der Waals surface area contributed by atoms with Gasteiger partial charge in [-0.25, -0.2) is 4.79 Å². The van der Waals surface area contributed by atoms with Gasteiger partial charge in [0.25, 0.3) is 5.91 Å². The number of hydrogen-bond donors (Lipinski definition) is 3. The van der Waals surface area contributed by atoms with E-state index < -0.39 is 30.1 Å². The van der Waals surface area contributed by atoms with Gasteiger partial charge in [0.15, 0.2) is 0 Å². The maximum Gasteiger partial charge on any atom is 0.328 e. The number of hydrogen-bond acceptors (Lipinski definition) is 5. The maximum atomic E-state index is 12.5. The average molecular weight is 413 g/mol. The molecule has 3 atom stereocenters. The highest BCUT2D eigenvalue weighted by molar-refractivity contribution is 5.87. The van der Waals surface area contributed by atoms with Gasteiger partial charge >= 0.3 is 5.97 Å². The molecule has 0 aliphatic rings. The van der Waals surface area contributed by atoms with E-state index >= 15 is 0 Å². The van der Waals surface area contributed by atoms with Crippen LogP contribution in [0.15, 0.2) is 60.7 Å². The molecule has 0 spiro atoms. The summed E-state index contributed by atoms with van der Waals surface area (Å²) in [7, 11) is 0. The molecule has 1 amide bonds. The molecule has 0 saturated heterocycles. The summed E-state index contributed by atoms with van der Waals surface area (Å²) in [5, 5.41) is 13.0. The molecule has 0 fully saturated rings. The predicted octanol–water partition coefficient (Wildman–Crippen LogP) is 2.23. The van der Waals surface area contributed by atoms with Crippen molar-refractivity contribution in [1.29, 1.82) is 0 Å². The number of benzene rings is 2. The van der Waals surface area contributed by atoms with Crippen molar-refractivity contribution < 1.29 is 19.4 Å². The van der Waals surface area contributed by atoms with E-state index in [1.807, 2.05) is 74.5 Å². The van der Waals surface area contributed by atoms with Crippen molar-refractivity contribution >= 4 is 11.9 Å². The first-order chi connectivity index (χ1) is 14.4. The molecule has 4 N–H and O–H groups in total. The van der Waals surface area contributed by atoms with Crippen LogP contribution in [0.5, 0.6) is 0 Å². The Morgan fingerprint density at radius 1 is 1.00 bits per heavy atom. The second-order valence-electron chi connectivity index (χ2n) is 7.89. The molecule has 0 saturated carbocycles. The van der Waals surface area contributed by atoms with Gasteiger partial charge in [0, 0.05) is 12.5 Å². The van der Waals surface area contributed by atoms with Crippen molar-refractivity contribution in [3.8, 4) is 0 Å². The van der Waals surface area contributed by atoms with E-state index in [0.717, 1.165) is 11.1 Å². The van der Waals surface area contributed by atoms with Crippen molar-refractivity contribution in [2.45, 2.75) is 51.3 Å². The third-order valence-electron chi connectivity index (χ3n) is 4.77. The SMILES string of the molecule is CC(C)C[C@H](NC(=O)[C@@H](O)[C@H](N)Cc1ccccc1)C(=O)OCCc1ccccc1. The van der Waals surface area contributed by atoms with E-state index in [0.29, 0.717) is 19.3 Å². The molecule has 0 aliphatic carbocycles. The van der Waals surface area contributed by atoms with Gasteiger partial charge in [-0.3, -0.25) is 4.79 Å². The van der Waals surface area contributed by atoms with E-state index in [1.165, 1.54) is 0 Å². The average Bonchev–Trinajstić information content (AvgIpc) is 2.73. The normalized spacial score (nSPS) is 14.0. The van der Waals surface area contributed by atoms with Crippen LogP contribution in [0.3, 0.4) is 0 Å². The maximum absolute atomic E-state index is 12.5. The fourth-order valence-electron chi connectivity index (χ4n) is 3.15. The summed E-state index contributed by atoms with van der Waals surface area (Å²) in [6, 6.07) is 17.5. The lowest BCUT2D eigenvalue weighted by atomic mass is 10.00. The number of ether oxygens (including phenoxy) is 1. The number of esters is 1. The topological polar surface area (TPSA) is 102 Å². The minimum Gasteiger partial charge on any atom is -0.464 e. The summed E-state index contributed by atoms with van der Waals surface area (Å²) in [6.07, 6.45) is -0.0565. The Morgan fingerprint density at radius 2 is 1.57 bits per heavy atom. The first-order valence-electron chi connectivity index (χ1n) is 10.3. The van der Waals surface area contributed by atoms with Crippen LogP contribution in [-0.2, 0) is 27.2 Å². The van der Waals surface area contributed by atoms with Crippen molar-refractivity contribution in [2.75, 3.05) is 6.61 Å². The van der Waals surface area contributed by atoms with E-state index in [4.69, 9.17) is 10.5 Å². The van der Waals surface area contributed by atoms with Crippen LogP contribution >= 0.6 is 0 Å². The molecule has 2 aromatic rings. The van der Waals surface area contributed by atoms with E-state index in [2.05, 4.69) is 5.32 Å². The fraction of sp³-hybridized carbons (Fsp3) is 0.417. The van der Waals surface area contributed by atoms with Crippen LogP contribution in [0.1, 0.15) is 31.4 Å².